The van der Waals surface area contributed by atoms with Crippen molar-refractivity contribution in [2.75, 3.05) is 11.9 Å². The summed E-state index contributed by atoms with van der Waals surface area (Å²) in [6.45, 7) is 2.71. The molecule has 9 nitrogen and oxygen atoms in total. The van der Waals surface area contributed by atoms with Gasteiger partial charge < -0.3 is 35.4 Å². The number of halogens is 1. The molecule has 2 aromatic heterocycles. The number of carbonyl (C=O) groups is 1. The van der Waals surface area contributed by atoms with E-state index in [1.54, 1.807) is 29.1 Å². The van der Waals surface area contributed by atoms with Gasteiger partial charge in [-0.15, -0.1) is 0 Å². The summed E-state index contributed by atoms with van der Waals surface area (Å²) in [4.78, 5) is 18.1. The number of pyridine rings is 1. The Hall–Kier alpha value is -3.93. The van der Waals surface area contributed by atoms with Gasteiger partial charge in [0.2, 0.25) is 0 Å². The molecule has 1 amide bonds. The van der Waals surface area contributed by atoms with Gasteiger partial charge in [0.15, 0.2) is 0 Å². The number of aromatic nitrogens is 2. The second-order valence-electron chi connectivity index (χ2n) is 10.1. The van der Waals surface area contributed by atoms with E-state index in [1.165, 1.54) is 24.3 Å². The van der Waals surface area contributed by atoms with Crippen molar-refractivity contribution in [3.8, 4) is 22.4 Å². The minimum Gasteiger partial charge on any atom is -0.394 e. The first-order valence-corrected chi connectivity index (χ1v) is 13.3. The summed E-state index contributed by atoms with van der Waals surface area (Å²) in [5.41, 5.74) is 3.78. The molecule has 4 unspecified atom stereocenters. The average molecular weight is 564 g/mol. The van der Waals surface area contributed by atoms with E-state index < -0.39 is 42.7 Å². The molecule has 2 aromatic carbocycles. The van der Waals surface area contributed by atoms with Crippen LogP contribution in [-0.4, -0.2) is 72.0 Å². The highest BCUT2D eigenvalue weighted by Crippen LogP contribution is 2.42. The van der Waals surface area contributed by atoms with Crippen molar-refractivity contribution in [1.82, 2.24) is 9.55 Å². The maximum atomic E-state index is 14.0. The molecule has 0 aliphatic rings. The van der Waals surface area contributed by atoms with E-state index in [0.29, 0.717) is 33.8 Å². The first-order chi connectivity index (χ1) is 19.6. The van der Waals surface area contributed by atoms with Crippen LogP contribution in [0.15, 0.2) is 79.1 Å². The number of nitrogens with one attached hydrogen (secondary N) is 1. The number of aliphatic hydroxyl groups is 5. The highest BCUT2D eigenvalue weighted by molar-refractivity contribution is 6.12. The van der Waals surface area contributed by atoms with Crippen molar-refractivity contribution in [1.29, 1.82) is 0 Å². The van der Waals surface area contributed by atoms with Crippen molar-refractivity contribution in [2.24, 2.45) is 0 Å². The number of rotatable bonds is 11. The Bertz CT molecular complexity index is 1440. The molecule has 0 saturated heterocycles. The van der Waals surface area contributed by atoms with Crippen LogP contribution in [0, 0.1) is 5.82 Å². The molecule has 10 heteroatoms. The fourth-order valence-electron chi connectivity index (χ4n) is 4.94. The lowest BCUT2D eigenvalue weighted by Crippen LogP contribution is -2.47. The summed E-state index contributed by atoms with van der Waals surface area (Å²) < 4.78 is 15.3. The first kappa shape index (κ1) is 30.0. The average Bonchev–Trinajstić information content (AvgIpc) is 3.33. The van der Waals surface area contributed by atoms with Gasteiger partial charge in [-0.2, -0.15) is 0 Å². The van der Waals surface area contributed by atoms with Crippen LogP contribution in [0.2, 0.25) is 0 Å². The molecule has 0 radical (unpaired) electrons. The summed E-state index contributed by atoms with van der Waals surface area (Å²) >= 11 is 0. The Morgan fingerprint density at radius 1 is 0.878 bits per heavy atom. The Morgan fingerprint density at radius 2 is 1.49 bits per heavy atom. The Kier molecular flexibility index (Phi) is 9.64. The summed E-state index contributed by atoms with van der Waals surface area (Å²) in [5.74, 6) is -1.17. The summed E-state index contributed by atoms with van der Waals surface area (Å²) in [6.07, 6.45) is -3.67. The second-order valence-corrected chi connectivity index (χ2v) is 10.1. The predicted octanol–water partition coefficient (Wildman–Crippen LogP) is 3.17. The van der Waals surface area contributed by atoms with E-state index in [4.69, 9.17) is 0 Å². The van der Waals surface area contributed by atoms with Crippen molar-refractivity contribution in [3.05, 3.63) is 96.2 Å². The fraction of sp³-hybridized carbons (Fsp3) is 0.290. The minimum absolute atomic E-state index is 0.259. The zero-order valence-corrected chi connectivity index (χ0v) is 22.7. The zero-order valence-electron chi connectivity index (χ0n) is 22.7. The van der Waals surface area contributed by atoms with Crippen LogP contribution < -0.4 is 5.32 Å². The monoisotopic (exact) mass is 563 g/mol. The van der Waals surface area contributed by atoms with Crippen molar-refractivity contribution < 1.29 is 34.7 Å². The van der Waals surface area contributed by atoms with Gasteiger partial charge in [-0.05, 0) is 47.9 Å². The zero-order chi connectivity index (χ0) is 29.7. The molecule has 6 N–H and O–H groups in total. The number of anilines is 1. The summed E-state index contributed by atoms with van der Waals surface area (Å²) in [5, 5.41) is 53.9. The Labute approximate surface area is 237 Å². The minimum atomic E-state index is -1.81. The fourth-order valence-corrected chi connectivity index (χ4v) is 4.94. The van der Waals surface area contributed by atoms with E-state index in [0.717, 1.165) is 5.56 Å². The van der Waals surface area contributed by atoms with E-state index in [-0.39, 0.29) is 12.5 Å². The van der Waals surface area contributed by atoms with Gasteiger partial charge in [0.1, 0.15) is 30.2 Å². The Balaban J connectivity index is 1.97. The molecular weight excluding hydrogens is 529 g/mol. The van der Waals surface area contributed by atoms with Crippen molar-refractivity contribution in [2.45, 2.75) is 50.7 Å². The topological polar surface area (TPSA) is 148 Å². The van der Waals surface area contributed by atoms with Crippen LogP contribution in [0.5, 0.6) is 0 Å². The Morgan fingerprint density at radius 3 is 2.07 bits per heavy atom. The third kappa shape index (κ3) is 6.53. The largest absolute Gasteiger partial charge is 0.394 e. The molecule has 0 spiro atoms. The summed E-state index contributed by atoms with van der Waals surface area (Å²) in [7, 11) is 0. The van der Waals surface area contributed by atoms with Gasteiger partial charge in [-0.25, -0.2) is 4.39 Å². The molecule has 4 atom stereocenters. The lowest BCUT2D eigenvalue weighted by Gasteiger charge is -2.27. The smallest absolute Gasteiger partial charge is 0.258 e. The summed E-state index contributed by atoms with van der Waals surface area (Å²) in [6, 6.07) is 18.2. The van der Waals surface area contributed by atoms with Crippen molar-refractivity contribution in [3.63, 3.8) is 0 Å². The number of carbonyl (C=O) groups excluding carboxylic acids is 1. The number of hydrogen-bond acceptors (Lipinski definition) is 7. The van der Waals surface area contributed by atoms with E-state index in [1.807, 2.05) is 44.2 Å². The molecule has 4 aromatic rings. The number of benzene rings is 2. The lowest BCUT2D eigenvalue weighted by atomic mass is 9.94. The molecule has 0 aliphatic carbocycles. The third-order valence-electron chi connectivity index (χ3n) is 6.89. The molecule has 0 aliphatic heterocycles. The van der Waals surface area contributed by atoms with Gasteiger partial charge in [0.25, 0.3) is 5.91 Å². The third-order valence-corrected chi connectivity index (χ3v) is 6.89. The van der Waals surface area contributed by atoms with Gasteiger partial charge in [-0.1, -0.05) is 44.2 Å². The number of aliphatic hydroxyl groups excluding tert-OH is 5. The van der Waals surface area contributed by atoms with Gasteiger partial charge in [-0.3, -0.25) is 9.78 Å². The lowest BCUT2D eigenvalue weighted by molar-refractivity contribution is -0.117. The van der Waals surface area contributed by atoms with Crippen LogP contribution in [-0.2, 0) is 6.54 Å². The van der Waals surface area contributed by atoms with Gasteiger partial charge >= 0.3 is 0 Å². The maximum Gasteiger partial charge on any atom is 0.258 e. The SMILES string of the molecule is CC(C)c1c(C(=O)Nc2ccc(F)cc2)c(-c2ccccc2)c(-c2ccncc2)n1CC(O)C(O)C(O)C(O)CO. The van der Waals surface area contributed by atoms with Gasteiger partial charge in [0, 0.05) is 34.9 Å². The predicted molar refractivity (Wildman–Crippen MR) is 153 cm³/mol. The highest BCUT2D eigenvalue weighted by atomic mass is 19.1. The molecule has 0 bridgehead atoms. The second kappa shape index (κ2) is 13.2. The van der Waals surface area contributed by atoms with E-state index in [2.05, 4.69) is 10.3 Å². The van der Waals surface area contributed by atoms with Crippen LogP contribution in [0.3, 0.4) is 0 Å². The molecule has 0 saturated carbocycles. The van der Waals surface area contributed by atoms with Crippen LogP contribution >= 0.6 is 0 Å². The van der Waals surface area contributed by atoms with Crippen LogP contribution in [0.25, 0.3) is 22.4 Å². The number of amides is 1. The molecule has 41 heavy (non-hydrogen) atoms. The van der Waals surface area contributed by atoms with Gasteiger partial charge in [0.05, 0.1) is 24.4 Å². The number of hydrogen-bond donors (Lipinski definition) is 6. The maximum absolute atomic E-state index is 14.0. The molecule has 2 heterocycles. The normalized spacial score (nSPS) is 14.5. The van der Waals surface area contributed by atoms with Crippen LogP contribution in [0.1, 0.15) is 35.8 Å². The molecule has 0 fully saturated rings. The molecule has 4 rings (SSSR count). The standard InChI is InChI=1S/C31H34FN3O6/c1-18(2)27-26(31(41)34-22-10-8-21(32)9-11-22)25(19-6-4-3-5-7-19)28(20-12-14-33-15-13-20)35(27)16-23(37)29(39)30(40)24(38)17-36/h3-15,18,23-24,29-30,36-40H,16-17H2,1-2H3,(H,34,41). The van der Waals surface area contributed by atoms with Crippen molar-refractivity contribution >= 4 is 11.6 Å². The number of nitrogens with zero attached hydrogens (tertiary/aromatic N) is 2. The van der Waals surface area contributed by atoms with E-state index >= 15 is 0 Å². The quantitative estimate of drug-likeness (QED) is 0.164. The van der Waals surface area contributed by atoms with E-state index in [9.17, 15) is 34.7 Å². The molecular formula is C31H34FN3O6. The molecule has 216 valence electrons. The van der Waals surface area contributed by atoms with Crippen LogP contribution in [0.4, 0.5) is 10.1 Å². The highest BCUT2D eigenvalue weighted by Gasteiger charge is 2.35. The first-order valence-electron chi connectivity index (χ1n) is 13.3.